The zero-order valence-electron chi connectivity index (χ0n) is 14.7. The average molecular weight is 343 g/mol. The van der Waals surface area contributed by atoms with Crippen LogP contribution < -0.4 is 0 Å². The third-order valence-electron chi connectivity index (χ3n) is 5.54. The fraction of sp³-hybridized carbons (Fsp3) is 0.632. The van der Waals surface area contributed by atoms with Gasteiger partial charge in [-0.05, 0) is 32.1 Å². The van der Waals surface area contributed by atoms with E-state index < -0.39 is 0 Å². The number of rotatable bonds is 4. The Balaban J connectivity index is 1.50. The highest BCUT2D eigenvalue weighted by Crippen LogP contribution is 2.35. The molecule has 4 rings (SSSR count). The molecule has 6 nitrogen and oxygen atoms in total. The Hall–Kier alpha value is -2.11. The van der Waals surface area contributed by atoms with Gasteiger partial charge in [0, 0.05) is 24.6 Å². The Morgan fingerprint density at radius 3 is 2.72 bits per heavy atom. The molecule has 25 heavy (non-hydrogen) atoms. The van der Waals surface area contributed by atoms with Crippen LogP contribution in [0.1, 0.15) is 91.5 Å². The molecule has 1 amide bonds. The number of aryl methyl sites for hydroxylation is 1. The number of hydrogen-bond donors (Lipinski definition) is 0. The van der Waals surface area contributed by atoms with Crippen LogP contribution in [-0.4, -0.2) is 27.7 Å². The van der Waals surface area contributed by atoms with Gasteiger partial charge in [0.25, 0.3) is 5.91 Å². The first-order valence-electron chi connectivity index (χ1n) is 9.49. The SMILES string of the molecule is CCc1cc([C@H]2CCCN2C(=O)c2cc(C3CCCCC3)no2)on1. The van der Waals surface area contributed by atoms with Gasteiger partial charge in [-0.1, -0.05) is 36.5 Å². The molecule has 1 saturated heterocycles. The Morgan fingerprint density at radius 2 is 1.96 bits per heavy atom. The Labute approximate surface area is 147 Å². The number of amides is 1. The summed E-state index contributed by atoms with van der Waals surface area (Å²) < 4.78 is 10.9. The molecule has 134 valence electrons. The fourth-order valence-electron chi connectivity index (χ4n) is 4.08. The average Bonchev–Trinajstić information content (AvgIpc) is 3.41. The second-order valence-electron chi connectivity index (χ2n) is 7.18. The maximum absolute atomic E-state index is 12.9. The van der Waals surface area contributed by atoms with E-state index in [1.54, 1.807) is 0 Å². The minimum atomic E-state index is -0.0912. The molecule has 2 aromatic heterocycles. The first-order valence-corrected chi connectivity index (χ1v) is 9.49. The van der Waals surface area contributed by atoms with Gasteiger partial charge in [0.15, 0.2) is 5.76 Å². The van der Waals surface area contributed by atoms with E-state index in [9.17, 15) is 4.79 Å². The Kier molecular flexibility index (Phi) is 4.59. The van der Waals surface area contributed by atoms with Crippen LogP contribution in [0, 0.1) is 0 Å². The lowest BCUT2D eigenvalue weighted by atomic mass is 9.87. The van der Waals surface area contributed by atoms with Crippen LogP contribution >= 0.6 is 0 Å². The van der Waals surface area contributed by atoms with Crippen molar-refractivity contribution in [3.05, 3.63) is 35.0 Å². The van der Waals surface area contributed by atoms with Crippen LogP contribution in [0.15, 0.2) is 21.2 Å². The molecule has 0 N–H and O–H groups in total. The van der Waals surface area contributed by atoms with Gasteiger partial charge < -0.3 is 13.9 Å². The molecule has 2 aliphatic rings. The molecule has 1 atom stereocenters. The van der Waals surface area contributed by atoms with E-state index in [0.29, 0.717) is 18.2 Å². The maximum Gasteiger partial charge on any atom is 0.293 e. The smallest absolute Gasteiger partial charge is 0.293 e. The quantitative estimate of drug-likeness (QED) is 0.830. The predicted molar refractivity (Wildman–Crippen MR) is 91.2 cm³/mol. The highest BCUT2D eigenvalue weighted by atomic mass is 16.5. The summed E-state index contributed by atoms with van der Waals surface area (Å²) in [6.07, 6.45) is 8.74. The lowest BCUT2D eigenvalue weighted by Crippen LogP contribution is -2.30. The molecule has 0 spiro atoms. The van der Waals surface area contributed by atoms with Crippen LogP contribution in [0.5, 0.6) is 0 Å². The molecule has 2 fully saturated rings. The number of carbonyl (C=O) groups is 1. The van der Waals surface area contributed by atoms with E-state index in [1.165, 1.54) is 19.3 Å². The topological polar surface area (TPSA) is 72.4 Å². The summed E-state index contributed by atoms with van der Waals surface area (Å²) in [5, 5.41) is 8.25. The van der Waals surface area contributed by atoms with Crippen LogP contribution in [0.2, 0.25) is 0 Å². The lowest BCUT2D eigenvalue weighted by molar-refractivity contribution is 0.0672. The van der Waals surface area contributed by atoms with Crippen molar-refractivity contribution >= 4 is 5.91 Å². The normalized spacial score (nSPS) is 21.8. The van der Waals surface area contributed by atoms with Crippen molar-refractivity contribution in [3.63, 3.8) is 0 Å². The highest BCUT2D eigenvalue weighted by molar-refractivity contribution is 5.92. The first-order chi connectivity index (χ1) is 12.3. The van der Waals surface area contributed by atoms with Gasteiger partial charge >= 0.3 is 0 Å². The molecule has 1 aliphatic carbocycles. The first kappa shape index (κ1) is 16.4. The lowest BCUT2D eigenvalue weighted by Gasteiger charge is -2.21. The second kappa shape index (κ2) is 7.02. The minimum absolute atomic E-state index is 0.0523. The zero-order chi connectivity index (χ0) is 17.2. The van der Waals surface area contributed by atoms with Crippen molar-refractivity contribution < 1.29 is 13.8 Å². The summed E-state index contributed by atoms with van der Waals surface area (Å²) in [7, 11) is 0. The molecule has 3 heterocycles. The maximum atomic E-state index is 12.9. The van der Waals surface area contributed by atoms with Crippen LogP contribution in [0.4, 0.5) is 0 Å². The molecular weight excluding hydrogens is 318 g/mol. The number of aromatic nitrogens is 2. The molecule has 0 unspecified atom stereocenters. The molecule has 0 aromatic carbocycles. The fourth-order valence-corrected chi connectivity index (χ4v) is 4.08. The van der Waals surface area contributed by atoms with Gasteiger partial charge in [-0.15, -0.1) is 0 Å². The van der Waals surface area contributed by atoms with E-state index in [2.05, 4.69) is 10.3 Å². The highest BCUT2D eigenvalue weighted by Gasteiger charge is 2.35. The van der Waals surface area contributed by atoms with Gasteiger partial charge in [-0.25, -0.2) is 0 Å². The van der Waals surface area contributed by atoms with Crippen LogP contribution in [-0.2, 0) is 6.42 Å². The molecule has 1 saturated carbocycles. The van der Waals surface area contributed by atoms with Crippen molar-refractivity contribution in [1.82, 2.24) is 15.2 Å². The van der Waals surface area contributed by atoms with Crippen molar-refractivity contribution in [2.45, 2.75) is 70.3 Å². The molecule has 0 radical (unpaired) electrons. The third kappa shape index (κ3) is 3.22. The van der Waals surface area contributed by atoms with Gasteiger partial charge in [0.05, 0.1) is 17.4 Å². The number of hydrogen-bond acceptors (Lipinski definition) is 5. The summed E-state index contributed by atoms with van der Waals surface area (Å²) in [4.78, 5) is 14.8. The standard InChI is InChI=1S/C19H25N3O3/c1-2-14-11-17(24-20-14)16-9-6-10-22(16)19(23)18-12-15(21-25-18)13-7-4-3-5-8-13/h11-13,16H,2-10H2,1H3/t16-/m1/s1. The van der Waals surface area contributed by atoms with Gasteiger partial charge in [0.1, 0.15) is 0 Å². The summed E-state index contributed by atoms with van der Waals surface area (Å²) >= 11 is 0. The Bertz CT molecular complexity index is 730. The van der Waals surface area contributed by atoms with Crippen LogP contribution in [0.25, 0.3) is 0 Å². The van der Waals surface area contributed by atoms with Crippen LogP contribution in [0.3, 0.4) is 0 Å². The van der Waals surface area contributed by atoms with E-state index in [1.807, 2.05) is 24.0 Å². The van der Waals surface area contributed by atoms with Crippen molar-refractivity contribution in [2.75, 3.05) is 6.54 Å². The van der Waals surface area contributed by atoms with E-state index in [4.69, 9.17) is 9.05 Å². The number of nitrogens with zero attached hydrogens (tertiary/aromatic N) is 3. The van der Waals surface area contributed by atoms with Gasteiger partial charge in [0.2, 0.25) is 5.76 Å². The van der Waals surface area contributed by atoms with E-state index in [-0.39, 0.29) is 11.9 Å². The van der Waals surface area contributed by atoms with Crippen molar-refractivity contribution in [3.8, 4) is 0 Å². The zero-order valence-corrected chi connectivity index (χ0v) is 14.7. The van der Waals surface area contributed by atoms with Crippen molar-refractivity contribution in [2.24, 2.45) is 0 Å². The van der Waals surface area contributed by atoms with E-state index >= 15 is 0 Å². The summed E-state index contributed by atoms with van der Waals surface area (Å²) in [5.41, 5.74) is 1.86. The summed E-state index contributed by atoms with van der Waals surface area (Å²) in [5.74, 6) is 1.47. The number of likely N-dealkylation sites (tertiary alicyclic amines) is 1. The van der Waals surface area contributed by atoms with Gasteiger partial charge in [-0.2, -0.15) is 0 Å². The Morgan fingerprint density at radius 1 is 1.12 bits per heavy atom. The number of carbonyl (C=O) groups excluding carboxylic acids is 1. The predicted octanol–water partition coefficient (Wildman–Crippen LogP) is 4.25. The van der Waals surface area contributed by atoms with Gasteiger partial charge in [-0.3, -0.25) is 4.79 Å². The minimum Gasteiger partial charge on any atom is -0.359 e. The largest absolute Gasteiger partial charge is 0.359 e. The second-order valence-corrected chi connectivity index (χ2v) is 7.18. The molecule has 2 aromatic rings. The molecular formula is C19H25N3O3. The third-order valence-corrected chi connectivity index (χ3v) is 5.54. The summed E-state index contributed by atoms with van der Waals surface area (Å²) in [6.45, 7) is 2.76. The summed E-state index contributed by atoms with van der Waals surface area (Å²) in [6, 6.07) is 3.76. The van der Waals surface area contributed by atoms with E-state index in [0.717, 1.165) is 49.3 Å². The molecule has 1 aliphatic heterocycles. The molecule has 6 heteroatoms. The molecule has 0 bridgehead atoms. The monoisotopic (exact) mass is 343 g/mol. The van der Waals surface area contributed by atoms with Crippen molar-refractivity contribution in [1.29, 1.82) is 0 Å².